The molecule has 4 aliphatic heterocycles. The molecular formula is C16H27N3O3S. The SMILES string of the molecule is CC1(NC(=O)CN2CCCC3(CC3)S2(=O)=O)CN2CCC1CC2. The second-order valence-electron chi connectivity index (χ2n) is 8.14. The summed E-state index contributed by atoms with van der Waals surface area (Å²) in [7, 11) is -3.29. The Balaban J connectivity index is 1.42. The minimum atomic E-state index is -3.29. The van der Waals surface area contributed by atoms with Crippen LogP contribution in [0.15, 0.2) is 0 Å². The van der Waals surface area contributed by atoms with Gasteiger partial charge in [-0.1, -0.05) is 0 Å². The van der Waals surface area contributed by atoms with Gasteiger partial charge in [0.1, 0.15) is 0 Å². The van der Waals surface area contributed by atoms with Crippen molar-refractivity contribution in [3.05, 3.63) is 0 Å². The number of carbonyl (C=O) groups excluding carboxylic acids is 1. The van der Waals surface area contributed by atoms with Crippen LogP contribution in [0.4, 0.5) is 0 Å². The number of piperidine rings is 3. The minimum absolute atomic E-state index is 0.00755. The maximum atomic E-state index is 12.7. The number of rotatable bonds is 3. The molecule has 5 rings (SSSR count). The Hall–Kier alpha value is -0.660. The molecule has 0 aromatic heterocycles. The highest BCUT2D eigenvalue weighted by Crippen LogP contribution is 2.51. The first-order valence-corrected chi connectivity index (χ1v) is 10.3. The van der Waals surface area contributed by atoms with Gasteiger partial charge in [0.05, 0.1) is 16.8 Å². The number of hydrogen-bond donors (Lipinski definition) is 1. The monoisotopic (exact) mass is 341 g/mol. The molecule has 5 aliphatic rings. The second kappa shape index (κ2) is 5.17. The number of nitrogens with one attached hydrogen (secondary N) is 1. The highest BCUT2D eigenvalue weighted by atomic mass is 32.2. The third kappa shape index (κ3) is 2.51. The summed E-state index contributed by atoms with van der Waals surface area (Å²) in [5.74, 6) is 0.381. The number of carbonyl (C=O) groups is 1. The van der Waals surface area contributed by atoms with Gasteiger partial charge in [-0.15, -0.1) is 0 Å². The van der Waals surface area contributed by atoms with E-state index in [1.807, 2.05) is 0 Å². The van der Waals surface area contributed by atoms with Crippen molar-refractivity contribution in [2.24, 2.45) is 5.92 Å². The van der Waals surface area contributed by atoms with Gasteiger partial charge < -0.3 is 10.2 Å². The van der Waals surface area contributed by atoms with Crippen LogP contribution in [0.2, 0.25) is 0 Å². The summed E-state index contributed by atoms with van der Waals surface area (Å²) in [4.78, 5) is 14.9. The van der Waals surface area contributed by atoms with Gasteiger partial charge in [-0.3, -0.25) is 4.79 Å². The molecule has 1 saturated carbocycles. The zero-order valence-electron chi connectivity index (χ0n) is 13.9. The number of hydrogen-bond acceptors (Lipinski definition) is 4. The maximum absolute atomic E-state index is 12.7. The fraction of sp³-hybridized carbons (Fsp3) is 0.938. The van der Waals surface area contributed by atoms with Gasteiger partial charge in [-0.05, 0) is 64.5 Å². The number of amides is 1. The van der Waals surface area contributed by atoms with E-state index in [-0.39, 0.29) is 18.0 Å². The van der Waals surface area contributed by atoms with E-state index in [1.54, 1.807) is 0 Å². The Labute approximate surface area is 138 Å². The van der Waals surface area contributed by atoms with Gasteiger partial charge in [0.15, 0.2) is 0 Å². The van der Waals surface area contributed by atoms with E-state index in [2.05, 4.69) is 17.1 Å². The summed E-state index contributed by atoms with van der Waals surface area (Å²) in [6.07, 6.45) is 5.43. The summed E-state index contributed by atoms with van der Waals surface area (Å²) < 4.78 is 26.3. The quantitative estimate of drug-likeness (QED) is 0.814. The van der Waals surface area contributed by atoms with Crippen LogP contribution in [0.5, 0.6) is 0 Å². The van der Waals surface area contributed by atoms with Crippen molar-refractivity contribution in [1.29, 1.82) is 0 Å². The molecule has 2 bridgehead atoms. The average molecular weight is 341 g/mol. The van der Waals surface area contributed by atoms with E-state index in [1.165, 1.54) is 4.31 Å². The number of fused-ring (bicyclic) bond motifs is 3. The summed E-state index contributed by atoms with van der Waals surface area (Å²) in [5, 5.41) is 3.17. The van der Waals surface area contributed by atoms with E-state index in [0.717, 1.165) is 58.2 Å². The standard InChI is InChI=1S/C16H27N3O3S/c1-15(12-18-9-3-13(15)4-10-18)17-14(20)11-19-8-2-5-16(6-7-16)23(19,21)22/h13H,2-12H2,1H3,(H,17,20). The third-order valence-electron chi connectivity index (χ3n) is 6.52. The summed E-state index contributed by atoms with van der Waals surface area (Å²) in [6.45, 7) is 5.74. The maximum Gasteiger partial charge on any atom is 0.235 e. The molecular weight excluding hydrogens is 314 g/mol. The fourth-order valence-electron chi connectivity index (χ4n) is 4.89. The molecule has 4 heterocycles. The first-order valence-electron chi connectivity index (χ1n) is 8.88. The molecule has 0 aromatic carbocycles. The molecule has 1 spiro atoms. The highest BCUT2D eigenvalue weighted by molar-refractivity contribution is 7.90. The third-order valence-corrected chi connectivity index (χ3v) is 9.22. The van der Waals surface area contributed by atoms with E-state index >= 15 is 0 Å². The van der Waals surface area contributed by atoms with Gasteiger partial charge in [-0.2, -0.15) is 4.31 Å². The van der Waals surface area contributed by atoms with Crippen molar-refractivity contribution < 1.29 is 13.2 Å². The molecule has 7 heteroatoms. The molecule has 1 atom stereocenters. The Morgan fingerprint density at radius 1 is 1.17 bits per heavy atom. The van der Waals surface area contributed by atoms with E-state index in [4.69, 9.17) is 0 Å². The van der Waals surface area contributed by atoms with Crippen LogP contribution in [-0.4, -0.2) is 66.5 Å². The molecule has 1 aliphatic carbocycles. The Kier molecular flexibility index (Phi) is 3.56. The second-order valence-corrected chi connectivity index (χ2v) is 10.5. The van der Waals surface area contributed by atoms with Crippen LogP contribution in [0, 0.1) is 5.92 Å². The Morgan fingerprint density at radius 3 is 2.43 bits per heavy atom. The van der Waals surface area contributed by atoms with Gasteiger partial charge in [0, 0.05) is 13.1 Å². The lowest BCUT2D eigenvalue weighted by Crippen LogP contribution is -2.66. The molecule has 130 valence electrons. The first kappa shape index (κ1) is 15.8. The van der Waals surface area contributed by atoms with E-state index < -0.39 is 14.8 Å². The topological polar surface area (TPSA) is 69.7 Å². The van der Waals surface area contributed by atoms with Crippen LogP contribution in [0.25, 0.3) is 0 Å². The van der Waals surface area contributed by atoms with Crippen molar-refractivity contribution in [3.63, 3.8) is 0 Å². The fourth-order valence-corrected chi connectivity index (χ4v) is 7.12. The normalized spacial score (nSPS) is 40.9. The summed E-state index contributed by atoms with van der Waals surface area (Å²) in [6, 6.07) is 0. The predicted molar refractivity (Wildman–Crippen MR) is 87.4 cm³/mol. The molecule has 23 heavy (non-hydrogen) atoms. The molecule has 0 radical (unpaired) electrons. The van der Waals surface area contributed by atoms with Crippen molar-refractivity contribution in [2.75, 3.05) is 32.7 Å². The van der Waals surface area contributed by atoms with E-state index in [9.17, 15) is 13.2 Å². The van der Waals surface area contributed by atoms with Gasteiger partial charge in [0.25, 0.3) is 0 Å². The Morgan fingerprint density at radius 2 is 1.87 bits per heavy atom. The summed E-state index contributed by atoms with van der Waals surface area (Å²) in [5.41, 5.74) is -0.204. The van der Waals surface area contributed by atoms with Crippen molar-refractivity contribution in [2.45, 2.75) is 55.7 Å². The van der Waals surface area contributed by atoms with E-state index in [0.29, 0.717) is 12.5 Å². The zero-order valence-corrected chi connectivity index (χ0v) is 14.7. The van der Waals surface area contributed by atoms with Crippen LogP contribution >= 0.6 is 0 Å². The lowest BCUT2D eigenvalue weighted by Gasteiger charge is -2.52. The molecule has 6 nitrogen and oxygen atoms in total. The molecule has 4 saturated heterocycles. The predicted octanol–water partition coefficient (Wildman–Crippen LogP) is 0.545. The smallest absolute Gasteiger partial charge is 0.235 e. The number of nitrogens with zero attached hydrogens (tertiary/aromatic N) is 2. The highest BCUT2D eigenvalue weighted by Gasteiger charge is 2.58. The van der Waals surface area contributed by atoms with Crippen LogP contribution in [-0.2, 0) is 14.8 Å². The minimum Gasteiger partial charge on any atom is -0.348 e. The number of sulfonamides is 1. The van der Waals surface area contributed by atoms with Gasteiger partial charge in [0.2, 0.25) is 15.9 Å². The molecule has 1 unspecified atom stereocenters. The van der Waals surface area contributed by atoms with Crippen molar-refractivity contribution in [3.8, 4) is 0 Å². The van der Waals surface area contributed by atoms with Crippen molar-refractivity contribution >= 4 is 15.9 Å². The van der Waals surface area contributed by atoms with Crippen LogP contribution in [0.1, 0.15) is 45.4 Å². The lowest BCUT2D eigenvalue weighted by molar-refractivity contribution is -0.125. The van der Waals surface area contributed by atoms with Gasteiger partial charge >= 0.3 is 0 Å². The zero-order chi connectivity index (χ0) is 16.3. The molecule has 1 N–H and O–H groups in total. The molecule has 0 aromatic rings. The Bertz CT molecular complexity index is 608. The van der Waals surface area contributed by atoms with Gasteiger partial charge in [-0.25, -0.2) is 8.42 Å². The largest absolute Gasteiger partial charge is 0.348 e. The summed E-state index contributed by atoms with van der Waals surface area (Å²) >= 11 is 0. The average Bonchev–Trinajstić information content (AvgIpc) is 3.26. The molecule has 5 fully saturated rings. The van der Waals surface area contributed by atoms with Crippen molar-refractivity contribution in [1.82, 2.24) is 14.5 Å². The van der Waals surface area contributed by atoms with Crippen LogP contribution < -0.4 is 5.32 Å². The van der Waals surface area contributed by atoms with Crippen LogP contribution in [0.3, 0.4) is 0 Å². The molecule has 1 amide bonds. The first-order chi connectivity index (χ1) is 10.8. The lowest BCUT2D eigenvalue weighted by atomic mass is 9.74.